The first-order valence-electron chi connectivity index (χ1n) is 11.8. The lowest BCUT2D eigenvalue weighted by molar-refractivity contribution is 0.0714. The van der Waals surface area contributed by atoms with Gasteiger partial charge in [-0.1, -0.05) is 12.1 Å². The highest BCUT2D eigenvalue weighted by Crippen LogP contribution is 2.24. The van der Waals surface area contributed by atoms with E-state index in [0.717, 1.165) is 39.7 Å². The molecule has 1 aliphatic rings. The summed E-state index contributed by atoms with van der Waals surface area (Å²) in [6.45, 7) is 7.22. The maximum Gasteiger partial charge on any atom is 0.289 e. The summed E-state index contributed by atoms with van der Waals surface area (Å²) in [4.78, 5) is 26.5. The Bertz CT molecular complexity index is 1510. The van der Waals surface area contributed by atoms with E-state index in [1.54, 1.807) is 12.1 Å². The number of carbonyl (C=O) groups excluding carboxylic acids is 1. The summed E-state index contributed by atoms with van der Waals surface area (Å²) in [5.41, 5.74) is 3.80. The topological polar surface area (TPSA) is 97.6 Å². The van der Waals surface area contributed by atoms with Gasteiger partial charge in [0.1, 0.15) is 0 Å². The van der Waals surface area contributed by atoms with Crippen LogP contribution < -0.4 is 4.90 Å². The van der Waals surface area contributed by atoms with Crippen molar-refractivity contribution in [2.24, 2.45) is 0 Å². The number of hydrogen-bond donors (Lipinski definition) is 0. The molecule has 10 heteroatoms. The lowest BCUT2D eigenvalue weighted by Crippen LogP contribution is -2.49. The molecule has 1 saturated heterocycles. The molecule has 6 rings (SSSR count). The van der Waals surface area contributed by atoms with Gasteiger partial charge in [0.15, 0.2) is 17.2 Å². The van der Waals surface area contributed by atoms with Gasteiger partial charge in [0.2, 0.25) is 5.95 Å². The summed E-state index contributed by atoms with van der Waals surface area (Å²) in [6.07, 6.45) is 2.19. The number of anilines is 1. The molecule has 0 aliphatic carbocycles. The van der Waals surface area contributed by atoms with E-state index >= 15 is 0 Å². The molecule has 5 heterocycles. The predicted molar refractivity (Wildman–Crippen MR) is 131 cm³/mol. The minimum atomic E-state index is -0.0848. The van der Waals surface area contributed by atoms with Crippen LogP contribution in [0.2, 0.25) is 0 Å². The number of carbonyl (C=O) groups is 1. The third kappa shape index (κ3) is 3.90. The van der Waals surface area contributed by atoms with Crippen LogP contribution in [0.15, 0.2) is 53.1 Å². The van der Waals surface area contributed by atoms with E-state index in [2.05, 4.69) is 23.0 Å². The number of furan rings is 1. The first kappa shape index (κ1) is 21.3. The smallest absolute Gasteiger partial charge is 0.289 e. The summed E-state index contributed by atoms with van der Waals surface area (Å²) >= 11 is 0. The summed E-state index contributed by atoms with van der Waals surface area (Å²) in [5, 5.41) is 10.4. The van der Waals surface area contributed by atoms with Crippen molar-refractivity contribution in [2.45, 2.75) is 26.8 Å². The lowest BCUT2D eigenvalue weighted by Gasteiger charge is -2.34. The van der Waals surface area contributed by atoms with Gasteiger partial charge >= 0.3 is 0 Å². The number of hydrogen-bond acceptors (Lipinski definition) is 7. The molecule has 35 heavy (non-hydrogen) atoms. The van der Waals surface area contributed by atoms with Crippen LogP contribution in [0.1, 0.15) is 27.8 Å². The number of aryl methyl sites for hydroxylation is 4. The van der Waals surface area contributed by atoms with Crippen molar-refractivity contribution in [1.82, 2.24) is 34.3 Å². The number of rotatable bonds is 5. The number of piperazine rings is 1. The molecule has 0 bridgehead atoms. The van der Waals surface area contributed by atoms with Gasteiger partial charge in [0.25, 0.3) is 5.91 Å². The van der Waals surface area contributed by atoms with Crippen molar-refractivity contribution in [2.75, 3.05) is 31.1 Å². The average Bonchev–Trinajstić information content (AvgIpc) is 3.62. The molecule has 0 saturated carbocycles. The fourth-order valence-corrected chi connectivity index (χ4v) is 4.67. The molecule has 1 amide bonds. The van der Waals surface area contributed by atoms with Crippen molar-refractivity contribution < 1.29 is 9.21 Å². The van der Waals surface area contributed by atoms with E-state index in [4.69, 9.17) is 19.5 Å². The zero-order valence-electron chi connectivity index (χ0n) is 19.8. The van der Waals surface area contributed by atoms with E-state index in [-0.39, 0.29) is 5.91 Å². The van der Waals surface area contributed by atoms with Gasteiger partial charge in [-0.15, -0.1) is 5.10 Å². The quantitative estimate of drug-likeness (QED) is 0.390. The maximum atomic E-state index is 12.7. The zero-order chi connectivity index (χ0) is 23.9. The molecule has 5 aromatic rings. The summed E-state index contributed by atoms with van der Waals surface area (Å²) in [5.74, 6) is 1.78. The summed E-state index contributed by atoms with van der Waals surface area (Å²) in [7, 11) is 0. The fraction of sp³-hybridized carbons (Fsp3) is 0.320. The number of amides is 1. The normalized spacial score (nSPS) is 14.3. The van der Waals surface area contributed by atoms with Gasteiger partial charge < -0.3 is 14.2 Å². The molecule has 0 radical (unpaired) electrons. The molecule has 0 spiro atoms. The number of benzene rings is 1. The molecule has 4 aromatic heterocycles. The third-order valence-corrected chi connectivity index (χ3v) is 6.44. The summed E-state index contributed by atoms with van der Waals surface area (Å²) in [6, 6.07) is 13.5. The Kier molecular flexibility index (Phi) is 5.20. The second-order valence-corrected chi connectivity index (χ2v) is 8.85. The van der Waals surface area contributed by atoms with Crippen molar-refractivity contribution in [3.63, 3.8) is 0 Å². The first-order valence-corrected chi connectivity index (χ1v) is 11.8. The van der Waals surface area contributed by atoms with Crippen LogP contribution in [0.5, 0.6) is 0 Å². The van der Waals surface area contributed by atoms with Crippen LogP contribution in [0.4, 0.5) is 5.95 Å². The Balaban J connectivity index is 1.29. The highest BCUT2D eigenvalue weighted by molar-refractivity contribution is 5.93. The SMILES string of the molecule is Cc1cc(C)n(CCc2nc3c4ccccc4nc(N4CCN(C(=O)c5ccco5)CC4)n3n2)n1. The summed E-state index contributed by atoms with van der Waals surface area (Å²) < 4.78 is 9.13. The van der Waals surface area contributed by atoms with Gasteiger partial charge in [-0.25, -0.2) is 9.97 Å². The Morgan fingerprint density at radius 1 is 1.00 bits per heavy atom. The minimum Gasteiger partial charge on any atom is -0.459 e. The van der Waals surface area contributed by atoms with Crippen LogP contribution in [-0.2, 0) is 13.0 Å². The second-order valence-electron chi connectivity index (χ2n) is 8.85. The number of para-hydroxylation sites is 1. The van der Waals surface area contributed by atoms with E-state index in [1.807, 2.05) is 45.3 Å². The van der Waals surface area contributed by atoms with Crippen molar-refractivity contribution in [3.05, 3.63) is 71.7 Å². The Morgan fingerprint density at radius 2 is 1.83 bits per heavy atom. The zero-order valence-corrected chi connectivity index (χ0v) is 19.8. The van der Waals surface area contributed by atoms with E-state index < -0.39 is 0 Å². The van der Waals surface area contributed by atoms with Gasteiger partial charge in [-0.3, -0.25) is 9.48 Å². The molecule has 1 aromatic carbocycles. The molecule has 178 valence electrons. The van der Waals surface area contributed by atoms with Crippen LogP contribution in [0.25, 0.3) is 16.6 Å². The van der Waals surface area contributed by atoms with Gasteiger partial charge in [0.05, 0.1) is 17.5 Å². The van der Waals surface area contributed by atoms with E-state index in [0.29, 0.717) is 44.9 Å². The highest BCUT2D eigenvalue weighted by Gasteiger charge is 2.26. The van der Waals surface area contributed by atoms with Crippen LogP contribution in [-0.4, -0.2) is 66.3 Å². The van der Waals surface area contributed by atoms with Crippen molar-refractivity contribution in [1.29, 1.82) is 0 Å². The average molecular weight is 471 g/mol. The molecule has 0 unspecified atom stereocenters. The molecular formula is C25H26N8O2. The monoisotopic (exact) mass is 470 g/mol. The van der Waals surface area contributed by atoms with Crippen LogP contribution in [0, 0.1) is 13.8 Å². The maximum absolute atomic E-state index is 12.7. The largest absolute Gasteiger partial charge is 0.459 e. The van der Waals surface area contributed by atoms with Gasteiger partial charge in [0, 0.05) is 50.2 Å². The Labute approximate surface area is 201 Å². The third-order valence-electron chi connectivity index (χ3n) is 6.44. The first-order chi connectivity index (χ1) is 17.1. The Morgan fingerprint density at radius 3 is 2.57 bits per heavy atom. The van der Waals surface area contributed by atoms with Crippen LogP contribution in [0.3, 0.4) is 0 Å². The Hall–Kier alpha value is -4.21. The molecule has 1 fully saturated rings. The molecule has 0 N–H and O–H groups in total. The van der Waals surface area contributed by atoms with Gasteiger partial charge in [-0.05, 0) is 44.2 Å². The van der Waals surface area contributed by atoms with E-state index in [1.165, 1.54) is 6.26 Å². The number of aromatic nitrogens is 6. The standard InChI is InChI=1S/C25H26N8O2/c1-17-16-18(2)32(28-17)10-9-22-27-23-19-6-3-4-7-20(19)26-25(33(23)29-22)31-13-11-30(12-14-31)24(34)21-8-5-15-35-21/h3-8,15-16H,9-14H2,1-2H3. The second kappa shape index (κ2) is 8.53. The molecular weight excluding hydrogens is 444 g/mol. The number of nitrogens with zero attached hydrogens (tertiary/aromatic N) is 8. The predicted octanol–water partition coefficient (Wildman–Crippen LogP) is 2.89. The highest BCUT2D eigenvalue weighted by atomic mass is 16.3. The molecule has 0 atom stereocenters. The van der Waals surface area contributed by atoms with Crippen LogP contribution >= 0.6 is 0 Å². The fourth-order valence-electron chi connectivity index (χ4n) is 4.67. The van der Waals surface area contributed by atoms with Crippen molar-refractivity contribution >= 4 is 28.4 Å². The van der Waals surface area contributed by atoms with Crippen molar-refractivity contribution in [3.8, 4) is 0 Å². The molecule has 1 aliphatic heterocycles. The minimum absolute atomic E-state index is 0.0848. The van der Waals surface area contributed by atoms with E-state index in [9.17, 15) is 4.79 Å². The lowest BCUT2D eigenvalue weighted by atomic mass is 10.2. The molecule has 10 nitrogen and oxygen atoms in total. The van der Waals surface area contributed by atoms with Gasteiger partial charge in [-0.2, -0.15) is 9.61 Å². The number of fused-ring (bicyclic) bond motifs is 3.